The molecule has 18 heavy (non-hydrogen) atoms. The monoisotopic (exact) mass is 270 g/mol. The first-order valence-electron chi connectivity index (χ1n) is 6.14. The molecule has 4 nitrogen and oxygen atoms in total. The van der Waals surface area contributed by atoms with Crippen LogP contribution in [0.1, 0.15) is 12.8 Å². The number of hydrogen-bond acceptors (Lipinski definition) is 4. The standard InChI is InChI=1S/C13H22O4Si/c1-16-12(14)10-6-9(8-18(3,4)5)7-11(10)13(15)17-2/h8,10-11H,6-7H2,1-5H3/t10-,11-/m0/s1. The van der Waals surface area contributed by atoms with Gasteiger partial charge in [0.2, 0.25) is 0 Å². The molecule has 1 saturated carbocycles. The van der Waals surface area contributed by atoms with Gasteiger partial charge in [0.25, 0.3) is 0 Å². The summed E-state index contributed by atoms with van der Waals surface area (Å²) >= 11 is 0. The zero-order chi connectivity index (χ0) is 13.9. The summed E-state index contributed by atoms with van der Waals surface area (Å²) in [5.74, 6) is -1.40. The van der Waals surface area contributed by atoms with Crippen molar-refractivity contribution < 1.29 is 19.1 Å². The van der Waals surface area contributed by atoms with Crippen LogP contribution in [0.15, 0.2) is 11.3 Å². The van der Waals surface area contributed by atoms with Crippen molar-refractivity contribution in [1.29, 1.82) is 0 Å². The number of ether oxygens (including phenoxy) is 2. The van der Waals surface area contributed by atoms with E-state index in [1.165, 1.54) is 19.8 Å². The van der Waals surface area contributed by atoms with E-state index in [0.717, 1.165) is 0 Å². The average Bonchev–Trinajstić information content (AvgIpc) is 2.68. The van der Waals surface area contributed by atoms with Crippen LogP contribution < -0.4 is 0 Å². The normalized spacial score (nSPS) is 23.7. The highest BCUT2D eigenvalue weighted by atomic mass is 28.3. The van der Waals surface area contributed by atoms with Gasteiger partial charge in [-0.3, -0.25) is 9.59 Å². The van der Waals surface area contributed by atoms with Gasteiger partial charge in [-0.05, 0) is 12.8 Å². The molecular weight excluding hydrogens is 248 g/mol. The molecule has 0 spiro atoms. The van der Waals surface area contributed by atoms with Gasteiger partial charge in [-0.2, -0.15) is 0 Å². The first-order chi connectivity index (χ1) is 8.28. The van der Waals surface area contributed by atoms with E-state index in [1.807, 2.05) is 0 Å². The topological polar surface area (TPSA) is 52.6 Å². The van der Waals surface area contributed by atoms with Crippen molar-refractivity contribution in [1.82, 2.24) is 0 Å². The molecule has 1 aliphatic carbocycles. The second-order valence-corrected chi connectivity index (χ2v) is 10.9. The Bertz CT molecular complexity index is 342. The van der Waals surface area contributed by atoms with Crippen LogP contribution >= 0.6 is 0 Å². The number of rotatable bonds is 3. The maximum atomic E-state index is 11.7. The van der Waals surface area contributed by atoms with Crippen LogP contribution in [-0.2, 0) is 19.1 Å². The molecule has 0 amide bonds. The molecule has 0 aromatic heterocycles. The summed E-state index contributed by atoms with van der Waals surface area (Å²) in [6, 6.07) is 0. The first kappa shape index (κ1) is 15.0. The first-order valence-corrected chi connectivity index (χ1v) is 9.72. The van der Waals surface area contributed by atoms with Gasteiger partial charge in [0.05, 0.1) is 34.1 Å². The predicted molar refractivity (Wildman–Crippen MR) is 71.7 cm³/mol. The Morgan fingerprint density at radius 3 is 1.72 bits per heavy atom. The van der Waals surface area contributed by atoms with Crippen LogP contribution in [0.5, 0.6) is 0 Å². The molecule has 0 aromatic rings. The minimum Gasteiger partial charge on any atom is -0.469 e. The Morgan fingerprint density at radius 1 is 1.06 bits per heavy atom. The minimum absolute atomic E-state index is 0.315. The Balaban J connectivity index is 2.93. The molecule has 1 aliphatic rings. The van der Waals surface area contributed by atoms with E-state index < -0.39 is 8.07 Å². The largest absolute Gasteiger partial charge is 0.469 e. The summed E-state index contributed by atoms with van der Waals surface area (Å²) in [4.78, 5) is 23.4. The fourth-order valence-corrected chi connectivity index (χ4v) is 3.92. The minimum atomic E-state index is -1.34. The lowest BCUT2D eigenvalue weighted by Crippen LogP contribution is -2.27. The van der Waals surface area contributed by atoms with Gasteiger partial charge in [0.1, 0.15) is 0 Å². The molecule has 102 valence electrons. The number of carbonyl (C=O) groups excluding carboxylic acids is 2. The lowest BCUT2D eigenvalue weighted by molar-refractivity contribution is -0.156. The molecule has 1 fully saturated rings. The van der Waals surface area contributed by atoms with Crippen LogP contribution in [0.3, 0.4) is 0 Å². The smallest absolute Gasteiger partial charge is 0.309 e. The molecule has 0 saturated heterocycles. The quantitative estimate of drug-likeness (QED) is 0.582. The number of carbonyl (C=O) groups is 2. The fraction of sp³-hybridized carbons (Fsp3) is 0.692. The van der Waals surface area contributed by atoms with Gasteiger partial charge >= 0.3 is 11.9 Å². The van der Waals surface area contributed by atoms with Crippen molar-refractivity contribution in [2.24, 2.45) is 11.8 Å². The molecule has 1 rings (SSSR count). The molecule has 0 bridgehead atoms. The van der Waals surface area contributed by atoms with Crippen molar-refractivity contribution in [3.63, 3.8) is 0 Å². The summed E-state index contributed by atoms with van der Waals surface area (Å²) in [5.41, 5.74) is 3.46. The highest BCUT2D eigenvalue weighted by Crippen LogP contribution is 2.38. The third-order valence-electron chi connectivity index (χ3n) is 3.09. The lowest BCUT2D eigenvalue weighted by Gasteiger charge is -2.13. The summed E-state index contributed by atoms with van der Waals surface area (Å²) in [7, 11) is 1.38. The highest BCUT2D eigenvalue weighted by molar-refractivity contribution is 6.81. The van der Waals surface area contributed by atoms with E-state index in [2.05, 4.69) is 25.3 Å². The van der Waals surface area contributed by atoms with Crippen molar-refractivity contribution in [2.75, 3.05) is 14.2 Å². The number of esters is 2. The van der Waals surface area contributed by atoms with Crippen molar-refractivity contribution >= 4 is 20.0 Å². The van der Waals surface area contributed by atoms with Crippen LogP contribution in [-0.4, -0.2) is 34.2 Å². The average molecular weight is 270 g/mol. The SMILES string of the molecule is COC(=O)[C@H]1CC(=C[Si](C)(C)C)C[C@@H]1C(=O)OC. The highest BCUT2D eigenvalue weighted by Gasteiger charge is 2.41. The second kappa shape index (κ2) is 5.69. The van der Waals surface area contributed by atoms with Crippen molar-refractivity contribution in [3.05, 3.63) is 11.3 Å². The molecule has 0 unspecified atom stereocenters. The Labute approximate surface area is 109 Å². The lowest BCUT2D eigenvalue weighted by atomic mass is 9.96. The Kier molecular flexibility index (Phi) is 4.73. The van der Waals surface area contributed by atoms with Crippen LogP contribution in [0.4, 0.5) is 0 Å². The van der Waals surface area contributed by atoms with E-state index in [-0.39, 0.29) is 23.8 Å². The zero-order valence-corrected chi connectivity index (χ0v) is 12.8. The molecule has 0 aromatic carbocycles. The third kappa shape index (κ3) is 3.70. The van der Waals surface area contributed by atoms with Crippen LogP contribution in [0.25, 0.3) is 0 Å². The molecule has 0 heterocycles. The summed E-state index contributed by atoms with van der Waals surface area (Å²) < 4.78 is 9.55. The van der Waals surface area contributed by atoms with Crippen molar-refractivity contribution in [3.8, 4) is 0 Å². The molecular formula is C13H22O4Si. The second-order valence-electron chi connectivity index (χ2n) is 5.84. The number of allylic oxidation sites excluding steroid dienone is 1. The van der Waals surface area contributed by atoms with Gasteiger partial charge in [-0.25, -0.2) is 0 Å². The molecule has 5 heteroatoms. The zero-order valence-electron chi connectivity index (χ0n) is 11.8. The van der Waals surface area contributed by atoms with E-state index in [0.29, 0.717) is 12.8 Å². The number of hydrogen-bond donors (Lipinski definition) is 0. The van der Waals surface area contributed by atoms with E-state index >= 15 is 0 Å². The van der Waals surface area contributed by atoms with Crippen LogP contribution in [0, 0.1) is 11.8 Å². The van der Waals surface area contributed by atoms with Gasteiger partial charge < -0.3 is 9.47 Å². The predicted octanol–water partition coefficient (Wildman–Crippen LogP) is 2.16. The third-order valence-corrected chi connectivity index (χ3v) is 4.37. The van der Waals surface area contributed by atoms with Gasteiger partial charge in [0, 0.05) is 0 Å². The molecule has 2 atom stereocenters. The summed E-state index contributed by atoms with van der Waals surface area (Å²) in [6.07, 6.45) is 1.24. The van der Waals surface area contributed by atoms with E-state index in [9.17, 15) is 9.59 Å². The maximum Gasteiger partial charge on any atom is 0.309 e. The van der Waals surface area contributed by atoms with Gasteiger partial charge in [0.15, 0.2) is 0 Å². The Morgan fingerprint density at radius 2 is 1.44 bits per heavy atom. The molecule has 0 radical (unpaired) electrons. The van der Waals surface area contributed by atoms with Gasteiger partial charge in [-0.15, -0.1) is 0 Å². The van der Waals surface area contributed by atoms with E-state index in [4.69, 9.17) is 9.47 Å². The number of methoxy groups -OCH3 is 2. The molecule has 0 aliphatic heterocycles. The van der Waals surface area contributed by atoms with Crippen LogP contribution in [0.2, 0.25) is 19.6 Å². The maximum absolute atomic E-state index is 11.7. The van der Waals surface area contributed by atoms with Gasteiger partial charge in [-0.1, -0.05) is 30.9 Å². The molecule has 0 N–H and O–H groups in total. The Hall–Kier alpha value is -1.10. The fourth-order valence-electron chi connectivity index (χ4n) is 2.46. The van der Waals surface area contributed by atoms with E-state index in [1.54, 1.807) is 0 Å². The summed E-state index contributed by atoms with van der Waals surface area (Å²) in [6.45, 7) is 6.70. The van der Waals surface area contributed by atoms with Crippen molar-refractivity contribution in [2.45, 2.75) is 32.5 Å². The summed E-state index contributed by atoms with van der Waals surface area (Å²) in [5, 5.41) is 0.